The van der Waals surface area contributed by atoms with Crippen LogP contribution in [0.3, 0.4) is 0 Å². The van der Waals surface area contributed by atoms with Crippen LogP contribution in [0.4, 0.5) is 0 Å². The Balaban J connectivity index is 1.88. The fraction of sp³-hybridized carbons (Fsp3) is 0.529. The van der Waals surface area contributed by atoms with Crippen molar-refractivity contribution in [2.24, 2.45) is 7.05 Å². The molecular formula is C17H24N2O. The number of benzene rings is 1. The van der Waals surface area contributed by atoms with E-state index in [9.17, 15) is 0 Å². The fourth-order valence-corrected chi connectivity index (χ4v) is 3.24. The second-order valence-corrected chi connectivity index (χ2v) is 6.18. The third-order valence-corrected chi connectivity index (χ3v) is 5.05. The molecule has 0 spiro atoms. The molecule has 3 nitrogen and oxygen atoms in total. The Morgan fingerprint density at radius 2 is 2.15 bits per heavy atom. The van der Waals surface area contributed by atoms with Gasteiger partial charge in [-0.1, -0.05) is 18.2 Å². The topological polar surface area (TPSA) is 26.2 Å². The van der Waals surface area contributed by atoms with Crippen molar-refractivity contribution >= 4 is 10.9 Å². The number of aromatic nitrogens is 1. The molecule has 2 heterocycles. The average Bonchev–Trinajstić information content (AvgIpc) is 2.89. The van der Waals surface area contributed by atoms with Crippen LogP contribution in [0.1, 0.15) is 31.5 Å². The number of ether oxygens (including phenoxy) is 1. The Morgan fingerprint density at radius 3 is 2.80 bits per heavy atom. The highest BCUT2D eigenvalue weighted by atomic mass is 16.5. The molecule has 1 aliphatic rings. The summed E-state index contributed by atoms with van der Waals surface area (Å²) >= 11 is 0. The van der Waals surface area contributed by atoms with Crippen LogP contribution < -0.4 is 5.32 Å². The van der Waals surface area contributed by atoms with Gasteiger partial charge in [0.2, 0.25) is 0 Å². The van der Waals surface area contributed by atoms with Gasteiger partial charge in [0.1, 0.15) is 0 Å². The van der Waals surface area contributed by atoms with Crippen LogP contribution in [0.2, 0.25) is 0 Å². The quantitative estimate of drug-likeness (QED) is 0.929. The van der Waals surface area contributed by atoms with Gasteiger partial charge in [0.25, 0.3) is 0 Å². The van der Waals surface area contributed by atoms with Crippen molar-refractivity contribution in [3.63, 3.8) is 0 Å². The highest BCUT2D eigenvalue weighted by Crippen LogP contribution is 2.28. The van der Waals surface area contributed by atoms with Gasteiger partial charge in [-0.25, -0.2) is 0 Å². The Labute approximate surface area is 120 Å². The van der Waals surface area contributed by atoms with Crippen LogP contribution in [0, 0.1) is 6.92 Å². The van der Waals surface area contributed by atoms with Crippen LogP contribution in [0.25, 0.3) is 10.9 Å². The zero-order valence-corrected chi connectivity index (χ0v) is 12.9. The molecule has 20 heavy (non-hydrogen) atoms. The van der Waals surface area contributed by atoms with Crippen molar-refractivity contribution in [2.45, 2.75) is 45.4 Å². The van der Waals surface area contributed by atoms with E-state index in [0.29, 0.717) is 0 Å². The SMILES string of the molecule is Cc1c(CNC2(C)CCOC2C)n(C)c2ccccc12. The van der Waals surface area contributed by atoms with E-state index in [1.54, 1.807) is 0 Å². The summed E-state index contributed by atoms with van der Waals surface area (Å²) in [5.74, 6) is 0. The molecular weight excluding hydrogens is 248 g/mol. The standard InChI is InChI=1S/C17H24N2O/c1-12-14-7-5-6-8-15(14)19(4)16(12)11-18-17(3)9-10-20-13(17)2/h5-8,13,18H,9-11H2,1-4H3. The molecule has 2 unspecified atom stereocenters. The molecule has 1 fully saturated rings. The molecule has 2 aromatic rings. The van der Waals surface area contributed by atoms with Crippen LogP contribution in [-0.4, -0.2) is 22.8 Å². The van der Waals surface area contributed by atoms with Gasteiger partial charge in [-0.15, -0.1) is 0 Å². The van der Waals surface area contributed by atoms with Crippen molar-refractivity contribution in [2.75, 3.05) is 6.61 Å². The first-order valence-electron chi connectivity index (χ1n) is 7.42. The van der Waals surface area contributed by atoms with E-state index in [1.807, 2.05) is 0 Å². The number of rotatable bonds is 3. The molecule has 1 N–H and O–H groups in total. The number of nitrogens with zero attached hydrogens (tertiary/aromatic N) is 1. The molecule has 0 amide bonds. The van der Waals surface area contributed by atoms with E-state index in [1.165, 1.54) is 22.2 Å². The van der Waals surface area contributed by atoms with Gasteiger partial charge in [-0.3, -0.25) is 0 Å². The summed E-state index contributed by atoms with van der Waals surface area (Å²) in [5, 5.41) is 5.08. The van der Waals surface area contributed by atoms with Gasteiger partial charge in [0.05, 0.1) is 6.10 Å². The van der Waals surface area contributed by atoms with Crippen LogP contribution >= 0.6 is 0 Å². The molecule has 0 aliphatic carbocycles. The third-order valence-electron chi connectivity index (χ3n) is 5.05. The summed E-state index contributed by atoms with van der Waals surface area (Å²) in [5.41, 5.74) is 4.14. The molecule has 1 aliphatic heterocycles. The van der Waals surface area contributed by atoms with Crippen molar-refractivity contribution in [1.82, 2.24) is 9.88 Å². The maximum absolute atomic E-state index is 5.71. The molecule has 3 rings (SSSR count). The average molecular weight is 272 g/mol. The maximum Gasteiger partial charge on any atom is 0.0726 e. The Bertz CT molecular complexity index is 592. The summed E-state index contributed by atoms with van der Waals surface area (Å²) in [6.45, 7) is 8.40. The lowest BCUT2D eigenvalue weighted by molar-refractivity contribution is 0.0879. The predicted octanol–water partition coefficient (Wildman–Crippen LogP) is 3.14. The monoisotopic (exact) mass is 272 g/mol. The van der Waals surface area contributed by atoms with E-state index < -0.39 is 0 Å². The molecule has 0 radical (unpaired) electrons. The normalized spacial score (nSPS) is 26.5. The number of hydrogen-bond donors (Lipinski definition) is 1. The third kappa shape index (κ3) is 2.05. The first kappa shape index (κ1) is 13.7. The second kappa shape index (κ2) is 4.90. The van der Waals surface area contributed by atoms with E-state index in [4.69, 9.17) is 4.74 Å². The van der Waals surface area contributed by atoms with Gasteiger partial charge in [-0.05, 0) is 38.8 Å². The van der Waals surface area contributed by atoms with Gasteiger partial charge < -0.3 is 14.6 Å². The Hall–Kier alpha value is -1.32. The van der Waals surface area contributed by atoms with Crippen LogP contribution in [0.5, 0.6) is 0 Å². The van der Waals surface area contributed by atoms with Crippen LogP contribution in [-0.2, 0) is 18.3 Å². The van der Waals surface area contributed by atoms with E-state index in [0.717, 1.165) is 19.6 Å². The zero-order valence-electron chi connectivity index (χ0n) is 12.9. The van der Waals surface area contributed by atoms with Gasteiger partial charge in [0.15, 0.2) is 0 Å². The Kier molecular flexibility index (Phi) is 3.35. The molecule has 1 saturated heterocycles. The van der Waals surface area contributed by atoms with E-state index >= 15 is 0 Å². The van der Waals surface area contributed by atoms with Crippen molar-refractivity contribution < 1.29 is 4.74 Å². The van der Waals surface area contributed by atoms with Gasteiger partial charge >= 0.3 is 0 Å². The molecule has 0 bridgehead atoms. The number of hydrogen-bond acceptors (Lipinski definition) is 2. The lowest BCUT2D eigenvalue weighted by Gasteiger charge is -2.29. The smallest absolute Gasteiger partial charge is 0.0726 e. The van der Waals surface area contributed by atoms with Gasteiger partial charge in [-0.2, -0.15) is 0 Å². The molecule has 1 aromatic carbocycles. The summed E-state index contributed by atoms with van der Waals surface area (Å²) in [6, 6.07) is 8.61. The number of para-hydroxylation sites is 1. The van der Waals surface area contributed by atoms with Crippen molar-refractivity contribution in [3.8, 4) is 0 Å². The van der Waals surface area contributed by atoms with Crippen molar-refractivity contribution in [3.05, 3.63) is 35.5 Å². The van der Waals surface area contributed by atoms with Gasteiger partial charge in [0, 0.05) is 42.3 Å². The molecule has 2 atom stereocenters. The lowest BCUT2D eigenvalue weighted by Crippen LogP contribution is -2.47. The van der Waals surface area contributed by atoms with E-state index in [2.05, 4.69) is 62.0 Å². The summed E-state index contributed by atoms with van der Waals surface area (Å²) in [7, 11) is 2.16. The Morgan fingerprint density at radius 1 is 1.40 bits per heavy atom. The number of aryl methyl sites for hydroxylation is 2. The minimum absolute atomic E-state index is 0.0862. The van der Waals surface area contributed by atoms with Crippen molar-refractivity contribution in [1.29, 1.82) is 0 Å². The number of fused-ring (bicyclic) bond motifs is 1. The summed E-state index contributed by atoms with van der Waals surface area (Å²) in [4.78, 5) is 0. The summed E-state index contributed by atoms with van der Waals surface area (Å²) < 4.78 is 8.01. The lowest BCUT2D eigenvalue weighted by atomic mass is 9.94. The first-order valence-corrected chi connectivity index (χ1v) is 7.42. The number of nitrogens with one attached hydrogen (secondary N) is 1. The second-order valence-electron chi connectivity index (χ2n) is 6.18. The van der Waals surface area contributed by atoms with E-state index in [-0.39, 0.29) is 11.6 Å². The van der Waals surface area contributed by atoms with Crippen LogP contribution in [0.15, 0.2) is 24.3 Å². The maximum atomic E-state index is 5.71. The highest BCUT2D eigenvalue weighted by Gasteiger charge is 2.36. The largest absolute Gasteiger partial charge is 0.377 e. The molecule has 1 aromatic heterocycles. The molecule has 108 valence electrons. The minimum Gasteiger partial charge on any atom is -0.377 e. The summed E-state index contributed by atoms with van der Waals surface area (Å²) in [6.07, 6.45) is 1.36. The molecule has 0 saturated carbocycles. The predicted molar refractivity (Wildman–Crippen MR) is 82.9 cm³/mol. The molecule has 3 heteroatoms. The fourth-order valence-electron chi connectivity index (χ4n) is 3.24. The zero-order chi connectivity index (χ0) is 14.3. The minimum atomic E-state index is 0.0862. The first-order chi connectivity index (χ1) is 9.53. The highest BCUT2D eigenvalue weighted by molar-refractivity contribution is 5.85.